The van der Waals surface area contributed by atoms with E-state index >= 15 is 0 Å². The van der Waals surface area contributed by atoms with Gasteiger partial charge in [0.2, 0.25) is 0 Å². The summed E-state index contributed by atoms with van der Waals surface area (Å²) in [6.45, 7) is 3.34. The zero-order chi connectivity index (χ0) is 13.3. The van der Waals surface area contributed by atoms with E-state index in [0.29, 0.717) is 19.0 Å². The summed E-state index contributed by atoms with van der Waals surface area (Å²) in [4.78, 5) is 14.1. The second-order valence-electron chi connectivity index (χ2n) is 4.69. The summed E-state index contributed by atoms with van der Waals surface area (Å²) in [5.74, 6) is -0.499. The van der Waals surface area contributed by atoms with E-state index in [1.807, 2.05) is 0 Å². The molecule has 1 saturated heterocycles. The Labute approximate surface area is 114 Å². The molecule has 18 heavy (non-hydrogen) atoms. The van der Waals surface area contributed by atoms with Gasteiger partial charge >= 0.3 is 0 Å². The molecule has 1 aromatic carbocycles. The summed E-state index contributed by atoms with van der Waals surface area (Å²) in [5.41, 5.74) is 0.0317. The highest BCUT2D eigenvalue weighted by Gasteiger charge is 2.28. The van der Waals surface area contributed by atoms with E-state index in [0.717, 1.165) is 18.6 Å². The maximum atomic E-state index is 13.1. The molecule has 0 radical (unpaired) electrons. The van der Waals surface area contributed by atoms with Crippen LogP contribution in [0.4, 0.5) is 4.39 Å². The SMILES string of the molecule is CC1CCN(C(=O)c2cc(F)ccc2O)CC1Br. The number of carbonyl (C=O) groups excluding carboxylic acids is 1. The lowest BCUT2D eigenvalue weighted by Crippen LogP contribution is -2.43. The van der Waals surface area contributed by atoms with Crippen LogP contribution in [-0.2, 0) is 0 Å². The Kier molecular flexibility index (Phi) is 3.90. The van der Waals surface area contributed by atoms with Crippen LogP contribution in [0, 0.1) is 11.7 Å². The molecule has 5 heteroatoms. The first-order valence-electron chi connectivity index (χ1n) is 5.91. The van der Waals surface area contributed by atoms with Crippen molar-refractivity contribution in [3.63, 3.8) is 0 Å². The van der Waals surface area contributed by atoms with Crippen LogP contribution in [0.5, 0.6) is 5.75 Å². The minimum absolute atomic E-state index is 0.0317. The molecule has 0 aliphatic carbocycles. The predicted octanol–water partition coefficient (Wildman–Crippen LogP) is 2.78. The molecule has 1 aliphatic heterocycles. The zero-order valence-electron chi connectivity index (χ0n) is 10.1. The minimum Gasteiger partial charge on any atom is -0.507 e. The van der Waals surface area contributed by atoms with Crippen LogP contribution in [0.15, 0.2) is 18.2 Å². The molecule has 98 valence electrons. The summed E-state index contributed by atoms with van der Waals surface area (Å²) in [5, 5.41) is 9.63. The number of nitrogens with zero attached hydrogens (tertiary/aromatic N) is 1. The van der Waals surface area contributed by atoms with Crippen molar-refractivity contribution >= 4 is 21.8 Å². The van der Waals surface area contributed by atoms with Crippen molar-refractivity contribution in [2.75, 3.05) is 13.1 Å². The van der Waals surface area contributed by atoms with Gasteiger partial charge in [-0.05, 0) is 30.5 Å². The Balaban J connectivity index is 2.19. The maximum absolute atomic E-state index is 13.1. The van der Waals surface area contributed by atoms with Crippen molar-refractivity contribution in [3.05, 3.63) is 29.6 Å². The second-order valence-corrected chi connectivity index (χ2v) is 5.87. The normalized spacial score (nSPS) is 24.1. The van der Waals surface area contributed by atoms with Crippen molar-refractivity contribution in [1.82, 2.24) is 4.90 Å². The molecule has 0 bridgehead atoms. The van der Waals surface area contributed by atoms with Gasteiger partial charge in [-0.15, -0.1) is 0 Å². The third-order valence-corrected chi connectivity index (χ3v) is 4.53. The van der Waals surface area contributed by atoms with Gasteiger partial charge in [-0.3, -0.25) is 4.79 Å². The van der Waals surface area contributed by atoms with E-state index in [9.17, 15) is 14.3 Å². The van der Waals surface area contributed by atoms with Crippen LogP contribution >= 0.6 is 15.9 Å². The molecule has 2 rings (SSSR count). The molecule has 0 aromatic heterocycles. The van der Waals surface area contributed by atoms with Crippen LogP contribution in [0.3, 0.4) is 0 Å². The van der Waals surface area contributed by atoms with Gasteiger partial charge in [0.15, 0.2) is 0 Å². The molecular formula is C13H15BrFNO2. The average Bonchev–Trinajstić information content (AvgIpc) is 2.35. The summed E-state index contributed by atoms with van der Waals surface area (Å²) in [7, 11) is 0. The molecule has 1 N–H and O–H groups in total. The summed E-state index contributed by atoms with van der Waals surface area (Å²) < 4.78 is 13.1. The lowest BCUT2D eigenvalue weighted by molar-refractivity contribution is 0.0702. The van der Waals surface area contributed by atoms with Gasteiger partial charge in [0.25, 0.3) is 5.91 Å². The molecule has 1 aliphatic rings. The number of halogens is 2. The first kappa shape index (κ1) is 13.3. The van der Waals surface area contributed by atoms with Crippen LogP contribution in [0.2, 0.25) is 0 Å². The second kappa shape index (κ2) is 5.26. The highest BCUT2D eigenvalue weighted by Crippen LogP contribution is 2.26. The average molecular weight is 316 g/mol. The predicted molar refractivity (Wildman–Crippen MR) is 70.5 cm³/mol. The number of piperidine rings is 1. The van der Waals surface area contributed by atoms with Crippen LogP contribution < -0.4 is 0 Å². The zero-order valence-corrected chi connectivity index (χ0v) is 11.7. The Morgan fingerprint density at radius 3 is 2.94 bits per heavy atom. The van der Waals surface area contributed by atoms with Gasteiger partial charge in [-0.25, -0.2) is 4.39 Å². The number of carbonyl (C=O) groups is 1. The van der Waals surface area contributed by atoms with E-state index in [1.165, 1.54) is 6.07 Å². The first-order chi connectivity index (χ1) is 8.49. The highest BCUT2D eigenvalue weighted by atomic mass is 79.9. The topological polar surface area (TPSA) is 40.5 Å². The number of rotatable bonds is 1. The summed E-state index contributed by atoms with van der Waals surface area (Å²) in [6.07, 6.45) is 0.901. The Morgan fingerprint density at radius 2 is 2.28 bits per heavy atom. The molecule has 0 spiro atoms. The van der Waals surface area contributed by atoms with E-state index in [1.54, 1.807) is 4.90 Å². The standard InChI is InChI=1S/C13H15BrFNO2/c1-8-4-5-16(7-11(8)14)13(18)10-6-9(15)2-3-12(10)17/h2-3,6,8,11,17H,4-5,7H2,1H3. The van der Waals surface area contributed by atoms with E-state index in [2.05, 4.69) is 22.9 Å². The number of benzene rings is 1. The number of phenols is 1. The summed E-state index contributed by atoms with van der Waals surface area (Å²) in [6, 6.07) is 3.43. The monoisotopic (exact) mass is 315 g/mol. The molecule has 1 fully saturated rings. The van der Waals surface area contributed by atoms with Gasteiger partial charge in [-0.1, -0.05) is 22.9 Å². The molecule has 2 atom stereocenters. The van der Waals surface area contributed by atoms with Crippen molar-refractivity contribution < 1.29 is 14.3 Å². The lowest BCUT2D eigenvalue weighted by Gasteiger charge is -2.34. The number of likely N-dealkylation sites (tertiary alicyclic amines) is 1. The van der Waals surface area contributed by atoms with E-state index in [-0.39, 0.29) is 22.0 Å². The number of phenolic OH excluding ortho intramolecular Hbond substituents is 1. The fourth-order valence-corrected chi connectivity index (χ4v) is 2.67. The van der Waals surface area contributed by atoms with Gasteiger partial charge in [0, 0.05) is 17.9 Å². The third-order valence-electron chi connectivity index (χ3n) is 3.34. The first-order valence-corrected chi connectivity index (χ1v) is 6.82. The lowest BCUT2D eigenvalue weighted by atomic mass is 9.98. The molecular weight excluding hydrogens is 301 g/mol. The van der Waals surface area contributed by atoms with Gasteiger partial charge < -0.3 is 10.0 Å². The molecule has 1 amide bonds. The van der Waals surface area contributed by atoms with Crippen molar-refractivity contribution in [2.45, 2.75) is 18.2 Å². The van der Waals surface area contributed by atoms with Crippen molar-refractivity contribution in [2.24, 2.45) is 5.92 Å². The van der Waals surface area contributed by atoms with Crippen LogP contribution in [-0.4, -0.2) is 33.8 Å². The molecule has 1 aromatic rings. The molecule has 2 unspecified atom stereocenters. The number of hydrogen-bond acceptors (Lipinski definition) is 2. The van der Waals surface area contributed by atoms with Gasteiger partial charge in [-0.2, -0.15) is 0 Å². The van der Waals surface area contributed by atoms with E-state index < -0.39 is 5.82 Å². The van der Waals surface area contributed by atoms with E-state index in [4.69, 9.17) is 0 Å². The maximum Gasteiger partial charge on any atom is 0.257 e. The van der Waals surface area contributed by atoms with Crippen molar-refractivity contribution in [1.29, 1.82) is 0 Å². The largest absolute Gasteiger partial charge is 0.507 e. The highest BCUT2D eigenvalue weighted by molar-refractivity contribution is 9.09. The molecule has 0 saturated carbocycles. The van der Waals surface area contributed by atoms with Gasteiger partial charge in [0.05, 0.1) is 5.56 Å². The number of amides is 1. The quantitative estimate of drug-likeness (QED) is 0.810. The Hall–Kier alpha value is -1.10. The summed E-state index contributed by atoms with van der Waals surface area (Å²) >= 11 is 3.54. The number of alkyl halides is 1. The Bertz CT molecular complexity index is 466. The van der Waals surface area contributed by atoms with Crippen LogP contribution in [0.1, 0.15) is 23.7 Å². The number of hydrogen-bond donors (Lipinski definition) is 1. The number of aromatic hydroxyl groups is 1. The van der Waals surface area contributed by atoms with Crippen LogP contribution in [0.25, 0.3) is 0 Å². The smallest absolute Gasteiger partial charge is 0.257 e. The third kappa shape index (κ3) is 2.66. The Morgan fingerprint density at radius 1 is 1.56 bits per heavy atom. The fourth-order valence-electron chi connectivity index (χ4n) is 2.06. The van der Waals surface area contributed by atoms with Gasteiger partial charge in [0.1, 0.15) is 11.6 Å². The molecule has 3 nitrogen and oxygen atoms in total. The van der Waals surface area contributed by atoms with Crippen molar-refractivity contribution in [3.8, 4) is 5.75 Å². The fraction of sp³-hybridized carbons (Fsp3) is 0.462. The molecule has 1 heterocycles. The minimum atomic E-state index is -0.517.